The summed E-state index contributed by atoms with van der Waals surface area (Å²) < 4.78 is 19.4. The molecule has 3 aromatic rings. The van der Waals surface area contributed by atoms with E-state index in [9.17, 15) is 14.0 Å². The molecule has 0 aliphatic heterocycles. The van der Waals surface area contributed by atoms with Crippen LogP contribution in [0.15, 0.2) is 51.0 Å². The number of nitrogens with zero attached hydrogens (tertiary/aromatic N) is 2. The Morgan fingerprint density at radius 3 is 2.67 bits per heavy atom. The monoisotopic (exact) mass is 389 g/mol. The summed E-state index contributed by atoms with van der Waals surface area (Å²) in [6, 6.07) is 9.48. The predicted molar refractivity (Wildman–Crippen MR) is 101 cm³/mol. The number of benzene rings is 1. The van der Waals surface area contributed by atoms with E-state index < -0.39 is 5.76 Å². The van der Waals surface area contributed by atoms with Gasteiger partial charge in [0, 0.05) is 6.42 Å². The summed E-state index contributed by atoms with van der Waals surface area (Å²) >= 11 is 1.42. The molecule has 1 aromatic carbocycles. The summed E-state index contributed by atoms with van der Waals surface area (Å²) in [5, 5.41) is 8.94. The standard InChI is InChI=1S/C19H20FN3O3S/c1-12(2)17(13-5-7-14(20)8-6-13)21-16(24)9-10-23-19(25)26-18(22-23)15-4-3-11-27-15/h3-8,11-12,17H,9-10H2,1-2H3,(H,21,24). The average molecular weight is 389 g/mol. The molecule has 1 N–H and O–H groups in total. The number of carbonyl (C=O) groups excluding carboxylic acids is 1. The van der Waals surface area contributed by atoms with E-state index in [-0.39, 0.29) is 42.5 Å². The fourth-order valence-corrected chi connectivity index (χ4v) is 3.35. The molecule has 1 amide bonds. The zero-order valence-corrected chi connectivity index (χ0v) is 15.8. The number of hydrogen-bond acceptors (Lipinski definition) is 5. The van der Waals surface area contributed by atoms with Crippen LogP contribution in [0.2, 0.25) is 0 Å². The zero-order chi connectivity index (χ0) is 19.4. The predicted octanol–water partition coefficient (Wildman–Crippen LogP) is 3.61. The molecule has 2 aromatic heterocycles. The van der Waals surface area contributed by atoms with Gasteiger partial charge in [-0.25, -0.2) is 9.18 Å². The van der Waals surface area contributed by atoms with Crippen LogP contribution in [0.4, 0.5) is 4.39 Å². The molecule has 0 radical (unpaired) electrons. The van der Waals surface area contributed by atoms with Gasteiger partial charge >= 0.3 is 5.76 Å². The van der Waals surface area contributed by atoms with Crippen molar-refractivity contribution in [3.05, 3.63) is 63.7 Å². The molecule has 142 valence electrons. The second kappa shape index (κ2) is 8.30. The molecule has 6 nitrogen and oxygen atoms in total. The quantitative estimate of drug-likeness (QED) is 0.670. The number of aryl methyl sites for hydroxylation is 1. The van der Waals surface area contributed by atoms with Crippen LogP contribution in [0.1, 0.15) is 31.9 Å². The maximum Gasteiger partial charge on any atom is 0.437 e. The van der Waals surface area contributed by atoms with Crippen LogP contribution in [0.3, 0.4) is 0 Å². The van der Waals surface area contributed by atoms with Crippen molar-refractivity contribution < 1.29 is 13.6 Å². The molecule has 0 saturated carbocycles. The van der Waals surface area contributed by atoms with Crippen molar-refractivity contribution in [1.29, 1.82) is 0 Å². The highest BCUT2D eigenvalue weighted by molar-refractivity contribution is 7.13. The highest BCUT2D eigenvalue weighted by Crippen LogP contribution is 2.23. The van der Waals surface area contributed by atoms with E-state index in [0.717, 1.165) is 15.1 Å². The van der Waals surface area contributed by atoms with E-state index in [1.807, 2.05) is 31.4 Å². The van der Waals surface area contributed by atoms with Crippen LogP contribution in [-0.4, -0.2) is 15.7 Å². The molecular weight excluding hydrogens is 369 g/mol. The molecule has 2 heterocycles. The summed E-state index contributed by atoms with van der Waals surface area (Å²) in [4.78, 5) is 25.0. The van der Waals surface area contributed by atoms with E-state index in [0.29, 0.717) is 0 Å². The lowest BCUT2D eigenvalue weighted by Crippen LogP contribution is -2.33. The molecule has 0 fully saturated rings. The van der Waals surface area contributed by atoms with Gasteiger partial charge in [-0.15, -0.1) is 16.4 Å². The summed E-state index contributed by atoms with van der Waals surface area (Å²) in [6.45, 7) is 4.07. The van der Waals surface area contributed by atoms with E-state index in [1.165, 1.54) is 23.5 Å². The van der Waals surface area contributed by atoms with Crippen molar-refractivity contribution in [2.24, 2.45) is 5.92 Å². The lowest BCUT2D eigenvalue weighted by molar-refractivity contribution is -0.122. The molecular formula is C19H20FN3O3S. The molecule has 1 unspecified atom stereocenters. The topological polar surface area (TPSA) is 77.1 Å². The van der Waals surface area contributed by atoms with Crippen molar-refractivity contribution >= 4 is 17.2 Å². The van der Waals surface area contributed by atoms with Crippen molar-refractivity contribution in [3.8, 4) is 10.8 Å². The SMILES string of the molecule is CC(C)C(NC(=O)CCn1nc(-c2cccs2)oc1=O)c1ccc(F)cc1. The molecule has 0 saturated heterocycles. The number of amides is 1. The normalized spacial score (nSPS) is 12.3. The van der Waals surface area contributed by atoms with Crippen LogP contribution < -0.4 is 11.1 Å². The molecule has 0 aliphatic carbocycles. The van der Waals surface area contributed by atoms with Crippen molar-refractivity contribution in [1.82, 2.24) is 15.1 Å². The van der Waals surface area contributed by atoms with Gasteiger partial charge in [-0.3, -0.25) is 4.79 Å². The van der Waals surface area contributed by atoms with Crippen molar-refractivity contribution in [2.75, 3.05) is 0 Å². The number of hydrogen-bond donors (Lipinski definition) is 1. The average Bonchev–Trinajstić information content (AvgIpc) is 3.28. The highest BCUT2D eigenvalue weighted by Gasteiger charge is 2.19. The first-order valence-electron chi connectivity index (χ1n) is 8.60. The third kappa shape index (κ3) is 4.71. The van der Waals surface area contributed by atoms with Crippen molar-refractivity contribution in [3.63, 3.8) is 0 Å². The molecule has 8 heteroatoms. The Balaban J connectivity index is 1.63. The number of thiophene rings is 1. The van der Waals surface area contributed by atoms with Gasteiger partial charge in [0.05, 0.1) is 17.5 Å². The minimum Gasteiger partial charge on any atom is -0.387 e. The second-order valence-corrected chi connectivity index (χ2v) is 7.41. The summed E-state index contributed by atoms with van der Waals surface area (Å²) in [6.07, 6.45) is 0.0841. The molecule has 1 atom stereocenters. The van der Waals surface area contributed by atoms with Gasteiger partial charge in [0.25, 0.3) is 5.89 Å². The summed E-state index contributed by atoms with van der Waals surface area (Å²) in [7, 11) is 0. The highest BCUT2D eigenvalue weighted by atomic mass is 32.1. The number of rotatable bonds is 7. The molecule has 0 aliphatic rings. The first-order valence-corrected chi connectivity index (χ1v) is 9.48. The van der Waals surface area contributed by atoms with Crippen LogP contribution in [0, 0.1) is 11.7 Å². The number of aromatic nitrogens is 2. The Bertz CT molecular complexity index is 945. The second-order valence-electron chi connectivity index (χ2n) is 6.46. The van der Waals surface area contributed by atoms with E-state index >= 15 is 0 Å². The maximum absolute atomic E-state index is 13.1. The first-order chi connectivity index (χ1) is 12.9. The fourth-order valence-electron chi connectivity index (χ4n) is 2.71. The van der Waals surface area contributed by atoms with Gasteiger partial charge in [-0.05, 0) is 35.1 Å². The molecule has 3 rings (SSSR count). The molecule has 0 spiro atoms. The largest absolute Gasteiger partial charge is 0.437 e. The summed E-state index contributed by atoms with van der Waals surface area (Å²) in [5.74, 6) is -0.753. The van der Waals surface area contributed by atoms with E-state index in [2.05, 4.69) is 10.4 Å². The number of halogens is 1. The van der Waals surface area contributed by atoms with Crippen LogP contribution in [-0.2, 0) is 11.3 Å². The third-order valence-electron chi connectivity index (χ3n) is 4.10. The van der Waals surface area contributed by atoms with Gasteiger partial charge < -0.3 is 9.73 Å². The van der Waals surface area contributed by atoms with E-state index in [4.69, 9.17) is 4.42 Å². The Labute approximate surface area is 159 Å². The van der Waals surface area contributed by atoms with Crippen LogP contribution >= 0.6 is 11.3 Å². The lowest BCUT2D eigenvalue weighted by Gasteiger charge is -2.23. The van der Waals surface area contributed by atoms with Crippen LogP contribution in [0.5, 0.6) is 0 Å². The molecule has 27 heavy (non-hydrogen) atoms. The van der Waals surface area contributed by atoms with Gasteiger partial charge in [-0.2, -0.15) is 4.68 Å². The first kappa shape index (κ1) is 19.0. The van der Waals surface area contributed by atoms with Crippen molar-refractivity contribution in [2.45, 2.75) is 32.9 Å². The fraction of sp³-hybridized carbons (Fsp3) is 0.316. The van der Waals surface area contributed by atoms with Gasteiger partial charge in [-0.1, -0.05) is 32.0 Å². The maximum atomic E-state index is 13.1. The Morgan fingerprint density at radius 1 is 1.30 bits per heavy atom. The Hall–Kier alpha value is -2.74. The smallest absolute Gasteiger partial charge is 0.387 e. The zero-order valence-electron chi connectivity index (χ0n) is 15.0. The van der Waals surface area contributed by atoms with Crippen LogP contribution in [0.25, 0.3) is 10.8 Å². The van der Waals surface area contributed by atoms with E-state index in [1.54, 1.807) is 12.1 Å². The summed E-state index contributed by atoms with van der Waals surface area (Å²) in [5.41, 5.74) is 0.832. The Morgan fingerprint density at radius 2 is 2.04 bits per heavy atom. The van der Waals surface area contributed by atoms with Gasteiger partial charge in [0.15, 0.2) is 0 Å². The van der Waals surface area contributed by atoms with Gasteiger partial charge in [0.1, 0.15) is 5.82 Å². The Kier molecular flexibility index (Phi) is 5.85. The number of carbonyl (C=O) groups is 1. The minimum atomic E-state index is -0.592. The minimum absolute atomic E-state index is 0.0841. The number of nitrogens with one attached hydrogen (secondary N) is 1. The third-order valence-corrected chi connectivity index (χ3v) is 4.96. The van der Waals surface area contributed by atoms with Gasteiger partial charge in [0.2, 0.25) is 5.91 Å². The molecule has 0 bridgehead atoms. The lowest BCUT2D eigenvalue weighted by atomic mass is 9.96.